The van der Waals surface area contributed by atoms with Crippen molar-refractivity contribution in [2.75, 3.05) is 12.4 Å². The lowest BCUT2D eigenvalue weighted by Gasteiger charge is -2.00. The van der Waals surface area contributed by atoms with Crippen LogP contribution < -0.4 is 0 Å². The average Bonchev–Trinajstić information content (AvgIpc) is 2.45. The normalized spacial score (nSPS) is 11.6. The zero-order valence-electron chi connectivity index (χ0n) is 12.8. The Morgan fingerprint density at radius 2 is 1.45 bits per heavy atom. The second-order valence-corrected chi connectivity index (χ2v) is 5.36. The van der Waals surface area contributed by atoms with Crippen LogP contribution in [0.3, 0.4) is 0 Å². The van der Waals surface area contributed by atoms with Gasteiger partial charge in [0.15, 0.2) is 0 Å². The summed E-state index contributed by atoms with van der Waals surface area (Å²) in [4.78, 5) is 10.2. The van der Waals surface area contributed by atoms with E-state index in [4.69, 9.17) is 15.3 Å². The first-order valence-corrected chi connectivity index (χ1v) is 8.33. The molecule has 0 amide bonds. The summed E-state index contributed by atoms with van der Waals surface area (Å²) < 4.78 is 0. The van der Waals surface area contributed by atoms with Crippen LogP contribution in [-0.4, -0.2) is 39.8 Å². The van der Waals surface area contributed by atoms with Crippen LogP contribution in [0.1, 0.15) is 71.1 Å². The highest BCUT2D eigenvalue weighted by atomic mass is 32.1. The van der Waals surface area contributed by atoms with Crippen molar-refractivity contribution >= 4 is 18.6 Å². The molecule has 4 nitrogen and oxygen atoms in total. The van der Waals surface area contributed by atoms with Gasteiger partial charge in [0.05, 0.1) is 12.7 Å². The van der Waals surface area contributed by atoms with E-state index >= 15 is 0 Å². The Labute approximate surface area is 129 Å². The van der Waals surface area contributed by atoms with E-state index in [2.05, 4.69) is 19.6 Å². The first kappa shape index (κ1) is 22.0. The van der Waals surface area contributed by atoms with Crippen molar-refractivity contribution in [1.82, 2.24) is 0 Å². The summed E-state index contributed by atoms with van der Waals surface area (Å²) in [6.45, 7) is 2.04. The van der Waals surface area contributed by atoms with Crippen LogP contribution in [0.4, 0.5) is 0 Å². The van der Waals surface area contributed by atoms with Crippen molar-refractivity contribution in [2.24, 2.45) is 0 Å². The summed E-state index contributed by atoms with van der Waals surface area (Å²) in [5.41, 5.74) is 0. The minimum atomic E-state index is -0.659. The van der Waals surface area contributed by atoms with Gasteiger partial charge in [-0.3, -0.25) is 4.79 Å². The molecule has 0 aliphatic carbocycles. The predicted molar refractivity (Wildman–Crippen MR) is 86.4 cm³/mol. The van der Waals surface area contributed by atoms with E-state index in [1.165, 1.54) is 44.9 Å². The molecule has 0 aromatic carbocycles. The molecule has 0 saturated carbocycles. The Kier molecular flexibility index (Phi) is 20.6. The van der Waals surface area contributed by atoms with E-state index in [-0.39, 0.29) is 6.61 Å². The van der Waals surface area contributed by atoms with E-state index in [1.54, 1.807) is 0 Å². The smallest absolute Gasteiger partial charge is 0.303 e. The molecule has 0 bridgehead atoms. The van der Waals surface area contributed by atoms with Crippen LogP contribution in [0.25, 0.3) is 0 Å². The van der Waals surface area contributed by atoms with Gasteiger partial charge in [-0.1, -0.05) is 58.3 Å². The summed E-state index contributed by atoms with van der Waals surface area (Å²) in [5, 5.41) is 24.8. The fraction of sp³-hybridized carbons (Fsp3) is 0.933. The SMILES string of the molecule is CCCCCCCCCCCC(=O)O.OCC(O)CS. The fourth-order valence-corrected chi connectivity index (χ4v) is 1.76. The fourth-order valence-electron chi connectivity index (χ4n) is 1.64. The third-order valence-corrected chi connectivity index (χ3v) is 3.34. The second-order valence-electron chi connectivity index (χ2n) is 4.99. The highest BCUT2D eigenvalue weighted by molar-refractivity contribution is 7.80. The number of carbonyl (C=O) groups is 1. The summed E-state index contributed by atoms with van der Waals surface area (Å²) >= 11 is 3.69. The maximum absolute atomic E-state index is 10.2. The Bertz CT molecular complexity index is 196. The molecule has 0 heterocycles. The van der Waals surface area contributed by atoms with Gasteiger partial charge in [-0.25, -0.2) is 0 Å². The lowest BCUT2D eigenvalue weighted by atomic mass is 10.1. The molecule has 0 fully saturated rings. The van der Waals surface area contributed by atoms with Gasteiger partial charge in [0.2, 0.25) is 0 Å². The Hall–Kier alpha value is -0.260. The third kappa shape index (κ3) is 22.9. The molecular weight excluding hydrogens is 276 g/mol. The zero-order valence-corrected chi connectivity index (χ0v) is 13.7. The van der Waals surface area contributed by atoms with Crippen molar-refractivity contribution in [3.05, 3.63) is 0 Å². The maximum atomic E-state index is 10.2. The molecule has 1 atom stereocenters. The van der Waals surface area contributed by atoms with Crippen LogP contribution in [0.15, 0.2) is 0 Å². The van der Waals surface area contributed by atoms with Crippen molar-refractivity contribution < 1.29 is 20.1 Å². The number of thiol groups is 1. The van der Waals surface area contributed by atoms with Gasteiger partial charge in [0, 0.05) is 12.2 Å². The van der Waals surface area contributed by atoms with Gasteiger partial charge in [0.1, 0.15) is 0 Å². The Morgan fingerprint density at radius 3 is 1.75 bits per heavy atom. The van der Waals surface area contributed by atoms with Crippen LogP contribution in [0.2, 0.25) is 0 Å². The van der Waals surface area contributed by atoms with Crippen molar-refractivity contribution in [2.45, 2.75) is 77.2 Å². The summed E-state index contributed by atoms with van der Waals surface area (Å²) in [6, 6.07) is 0. The maximum Gasteiger partial charge on any atom is 0.303 e. The van der Waals surface area contributed by atoms with E-state index in [0.717, 1.165) is 12.8 Å². The molecule has 3 N–H and O–H groups in total. The largest absolute Gasteiger partial charge is 0.481 e. The summed E-state index contributed by atoms with van der Waals surface area (Å²) in [5.74, 6) is -0.329. The number of unbranched alkanes of at least 4 members (excludes halogenated alkanes) is 8. The molecule has 122 valence electrons. The van der Waals surface area contributed by atoms with Gasteiger partial charge in [-0.15, -0.1) is 0 Å². The molecule has 0 saturated heterocycles. The lowest BCUT2D eigenvalue weighted by molar-refractivity contribution is -0.137. The standard InChI is InChI=1S/C12H24O2.C3H8O2S/c1-2-3-4-5-6-7-8-9-10-11-12(13)14;4-1-3(5)2-6/h2-11H2,1H3,(H,13,14);3-6H,1-2H2. The van der Waals surface area contributed by atoms with Crippen molar-refractivity contribution in [3.8, 4) is 0 Å². The van der Waals surface area contributed by atoms with E-state index in [1.807, 2.05) is 0 Å². The van der Waals surface area contributed by atoms with Crippen LogP contribution in [-0.2, 0) is 4.79 Å². The van der Waals surface area contributed by atoms with Gasteiger partial charge in [0.25, 0.3) is 0 Å². The highest BCUT2D eigenvalue weighted by Crippen LogP contribution is 2.10. The predicted octanol–water partition coefficient (Wildman–Crippen LogP) is 3.26. The number of aliphatic hydroxyl groups is 2. The zero-order chi connectivity index (χ0) is 15.6. The molecule has 1 unspecified atom stereocenters. The molecule has 0 radical (unpaired) electrons. The number of carboxylic acid groups (broad SMARTS) is 1. The molecule has 0 aliphatic rings. The van der Waals surface area contributed by atoms with E-state index in [0.29, 0.717) is 12.2 Å². The minimum absolute atomic E-state index is 0.191. The van der Waals surface area contributed by atoms with Crippen molar-refractivity contribution in [1.29, 1.82) is 0 Å². The number of hydrogen-bond acceptors (Lipinski definition) is 4. The number of aliphatic carboxylic acids is 1. The van der Waals surface area contributed by atoms with E-state index in [9.17, 15) is 4.79 Å². The van der Waals surface area contributed by atoms with Gasteiger partial charge >= 0.3 is 5.97 Å². The van der Waals surface area contributed by atoms with Gasteiger partial charge in [-0.2, -0.15) is 12.6 Å². The number of carboxylic acids is 1. The quantitative estimate of drug-likeness (QED) is 0.330. The van der Waals surface area contributed by atoms with Gasteiger partial charge < -0.3 is 15.3 Å². The molecule has 0 aromatic heterocycles. The molecule has 0 aromatic rings. The van der Waals surface area contributed by atoms with Gasteiger partial charge in [-0.05, 0) is 6.42 Å². The summed E-state index contributed by atoms with van der Waals surface area (Å²) in [6.07, 6.45) is 10.8. The molecular formula is C15H32O4S. The molecule has 20 heavy (non-hydrogen) atoms. The molecule has 0 rings (SSSR count). The van der Waals surface area contributed by atoms with E-state index < -0.39 is 12.1 Å². The van der Waals surface area contributed by atoms with Crippen LogP contribution in [0, 0.1) is 0 Å². The minimum Gasteiger partial charge on any atom is -0.481 e. The number of aliphatic hydroxyl groups excluding tert-OH is 2. The Morgan fingerprint density at radius 1 is 1.00 bits per heavy atom. The summed E-state index contributed by atoms with van der Waals surface area (Å²) in [7, 11) is 0. The average molecular weight is 308 g/mol. The van der Waals surface area contributed by atoms with Crippen molar-refractivity contribution in [3.63, 3.8) is 0 Å². The Balaban J connectivity index is 0. The molecule has 5 heteroatoms. The molecule has 0 aliphatic heterocycles. The second kappa shape index (κ2) is 18.7. The number of rotatable bonds is 12. The first-order chi connectivity index (χ1) is 9.58. The lowest BCUT2D eigenvalue weighted by Crippen LogP contribution is -2.12. The molecule has 0 spiro atoms. The third-order valence-electron chi connectivity index (χ3n) is 2.92. The number of hydrogen-bond donors (Lipinski definition) is 4. The monoisotopic (exact) mass is 308 g/mol. The first-order valence-electron chi connectivity index (χ1n) is 7.70. The highest BCUT2D eigenvalue weighted by Gasteiger charge is 1.96. The topological polar surface area (TPSA) is 77.8 Å². The van der Waals surface area contributed by atoms with Crippen LogP contribution in [0.5, 0.6) is 0 Å². The van der Waals surface area contributed by atoms with Crippen LogP contribution >= 0.6 is 12.6 Å².